The number of halogens is 2. The Labute approximate surface area is 134 Å². The SMILES string of the molecule is CCCC(CC)OC(=O)CCC(=O)Oc1c(F)cccc1Cl. The fourth-order valence-corrected chi connectivity index (χ4v) is 2.06. The quantitative estimate of drug-likeness (QED) is 0.527. The Balaban J connectivity index is 2.44. The number of esters is 2. The van der Waals surface area contributed by atoms with Crippen molar-refractivity contribution in [1.29, 1.82) is 0 Å². The number of hydrogen-bond acceptors (Lipinski definition) is 4. The molecular weight excluding hydrogens is 311 g/mol. The lowest BCUT2D eigenvalue weighted by molar-refractivity contribution is -0.152. The number of para-hydroxylation sites is 1. The summed E-state index contributed by atoms with van der Waals surface area (Å²) in [5, 5.41) is 0.00455. The molecule has 0 aromatic heterocycles. The number of ether oxygens (including phenoxy) is 2. The van der Waals surface area contributed by atoms with E-state index in [1.54, 1.807) is 0 Å². The van der Waals surface area contributed by atoms with E-state index in [4.69, 9.17) is 21.1 Å². The van der Waals surface area contributed by atoms with Crippen LogP contribution in [0.1, 0.15) is 46.0 Å². The summed E-state index contributed by atoms with van der Waals surface area (Å²) >= 11 is 5.75. The maximum Gasteiger partial charge on any atom is 0.311 e. The van der Waals surface area contributed by atoms with Crippen LogP contribution in [0.2, 0.25) is 5.02 Å². The molecule has 0 radical (unpaired) electrons. The van der Waals surface area contributed by atoms with Crippen molar-refractivity contribution in [2.45, 2.75) is 52.1 Å². The number of benzene rings is 1. The molecule has 1 aromatic carbocycles. The van der Waals surface area contributed by atoms with Gasteiger partial charge in [-0.05, 0) is 25.0 Å². The topological polar surface area (TPSA) is 52.6 Å². The number of hydrogen-bond donors (Lipinski definition) is 0. The van der Waals surface area contributed by atoms with Crippen LogP contribution >= 0.6 is 11.6 Å². The number of carbonyl (C=O) groups excluding carboxylic acids is 2. The lowest BCUT2D eigenvalue weighted by Gasteiger charge is -2.15. The molecule has 0 bridgehead atoms. The van der Waals surface area contributed by atoms with Gasteiger partial charge in [0.25, 0.3) is 0 Å². The molecular formula is C16H20ClFO4. The highest BCUT2D eigenvalue weighted by Gasteiger charge is 2.17. The normalized spacial score (nSPS) is 11.8. The molecule has 0 saturated carbocycles. The maximum absolute atomic E-state index is 13.5. The van der Waals surface area contributed by atoms with Crippen LogP contribution in [-0.2, 0) is 14.3 Å². The molecule has 0 fully saturated rings. The van der Waals surface area contributed by atoms with Crippen molar-refractivity contribution in [1.82, 2.24) is 0 Å². The second kappa shape index (κ2) is 9.41. The summed E-state index contributed by atoms with van der Waals surface area (Å²) in [5.41, 5.74) is 0. The molecule has 6 heteroatoms. The third-order valence-corrected chi connectivity index (χ3v) is 3.33. The Morgan fingerprint density at radius 2 is 1.91 bits per heavy atom. The second-order valence-electron chi connectivity index (χ2n) is 4.83. The van der Waals surface area contributed by atoms with E-state index in [2.05, 4.69) is 0 Å². The standard InChI is InChI=1S/C16H20ClFO4/c1-3-6-11(4-2)21-14(19)9-10-15(20)22-16-12(17)7-5-8-13(16)18/h5,7-8,11H,3-4,6,9-10H2,1-2H3. The summed E-state index contributed by atoms with van der Waals surface area (Å²) in [6, 6.07) is 3.96. The predicted molar refractivity (Wildman–Crippen MR) is 81.4 cm³/mol. The van der Waals surface area contributed by atoms with Crippen LogP contribution < -0.4 is 4.74 Å². The second-order valence-corrected chi connectivity index (χ2v) is 5.24. The van der Waals surface area contributed by atoms with Crippen molar-refractivity contribution in [3.8, 4) is 5.75 Å². The fraction of sp³-hybridized carbons (Fsp3) is 0.500. The minimum Gasteiger partial charge on any atom is -0.462 e. The molecule has 0 spiro atoms. The van der Waals surface area contributed by atoms with Gasteiger partial charge >= 0.3 is 11.9 Å². The summed E-state index contributed by atoms with van der Waals surface area (Å²) in [7, 11) is 0. The Morgan fingerprint density at radius 1 is 1.23 bits per heavy atom. The van der Waals surface area contributed by atoms with Gasteiger partial charge in [-0.2, -0.15) is 0 Å². The van der Waals surface area contributed by atoms with E-state index in [0.29, 0.717) is 0 Å². The van der Waals surface area contributed by atoms with Crippen LogP contribution in [0.4, 0.5) is 4.39 Å². The van der Waals surface area contributed by atoms with Gasteiger partial charge in [0.15, 0.2) is 11.6 Å². The van der Waals surface area contributed by atoms with E-state index < -0.39 is 17.8 Å². The van der Waals surface area contributed by atoms with Gasteiger partial charge in [-0.25, -0.2) is 4.39 Å². The summed E-state index contributed by atoms with van der Waals surface area (Å²) in [4.78, 5) is 23.3. The van der Waals surface area contributed by atoms with E-state index >= 15 is 0 Å². The predicted octanol–water partition coefficient (Wildman–Crippen LogP) is 4.29. The highest BCUT2D eigenvalue weighted by Crippen LogP contribution is 2.27. The first kappa shape index (κ1) is 18.4. The van der Waals surface area contributed by atoms with Crippen LogP contribution in [-0.4, -0.2) is 18.0 Å². The molecule has 0 heterocycles. The Kier molecular flexibility index (Phi) is 7.88. The van der Waals surface area contributed by atoms with Crippen LogP contribution in [0.25, 0.3) is 0 Å². The van der Waals surface area contributed by atoms with Crippen molar-refractivity contribution in [2.75, 3.05) is 0 Å². The minimum absolute atomic E-state index is 0.00455. The van der Waals surface area contributed by atoms with Gasteiger partial charge in [-0.15, -0.1) is 0 Å². The van der Waals surface area contributed by atoms with Crippen LogP contribution in [0.15, 0.2) is 18.2 Å². The zero-order valence-electron chi connectivity index (χ0n) is 12.7. The summed E-state index contributed by atoms with van der Waals surface area (Å²) in [6.45, 7) is 3.94. The van der Waals surface area contributed by atoms with Crippen molar-refractivity contribution in [2.24, 2.45) is 0 Å². The molecule has 0 N–H and O–H groups in total. The van der Waals surface area contributed by atoms with Gasteiger partial charge in [0.05, 0.1) is 17.9 Å². The average molecular weight is 331 g/mol. The van der Waals surface area contributed by atoms with Gasteiger partial charge in [-0.1, -0.05) is 37.9 Å². The van der Waals surface area contributed by atoms with Gasteiger partial charge in [0, 0.05) is 0 Å². The van der Waals surface area contributed by atoms with Crippen LogP contribution in [0.5, 0.6) is 5.75 Å². The van der Waals surface area contributed by atoms with Crippen LogP contribution in [0.3, 0.4) is 0 Å². The van der Waals surface area contributed by atoms with Gasteiger partial charge in [0.2, 0.25) is 0 Å². The molecule has 1 unspecified atom stereocenters. The Morgan fingerprint density at radius 3 is 2.50 bits per heavy atom. The number of carbonyl (C=O) groups is 2. The van der Waals surface area contributed by atoms with Crippen molar-refractivity contribution < 1.29 is 23.5 Å². The molecule has 1 aromatic rings. The van der Waals surface area contributed by atoms with Gasteiger partial charge in [-0.3, -0.25) is 9.59 Å². The summed E-state index contributed by atoms with van der Waals surface area (Å²) < 4.78 is 23.6. The van der Waals surface area contributed by atoms with Crippen LogP contribution in [0, 0.1) is 5.82 Å². The first-order valence-electron chi connectivity index (χ1n) is 7.32. The zero-order chi connectivity index (χ0) is 16.5. The zero-order valence-corrected chi connectivity index (χ0v) is 13.5. The third kappa shape index (κ3) is 6.02. The summed E-state index contributed by atoms with van der Waals surface area (Å²) in [6.07, 6.45) is 2.01. The lowest BCUT2D eigenvalue weighted by atomic mass is 10.1. The molecule has 0 aliphatic heterocycles. The van der Waals surface area contributed by atoms with Crippen molar-refractivity contribution in [3.05, 3.63) is 29.0 Å². The molecule has 0 saturated heterocycles. The van der Waals surface area contributed by atoms with Gasteiger partial charge in [0.1, 0.15) is 6.10 Å². The molecule has 1 rings (SSSR count). The van der Waals surface area contributed by atoms with Gasteiger partial charge < -0.3 is 9.47 Å². The molecule has 0 amide bonds. The first-order chi connectivity index (χ1) is 10.5. The lowest BCUT2D eigenvalue weighted by Crippen LogP contribution is -2.19. The average Bonchev–Trinajstić information content (AvgIpc) is 2.48. The minimum atomic E-state index is -0.729. The van der Waals surface area contributed by atoms with Crippen molar-refractivity contribution >= 4 is 23.5 Å². The monoisotopic (exact) mass is 330 g/mol. The Hall–Kier alpha value is -1.62. The third-order valence-electron chi connectivity index (χ3n) is 3.03. The van der Waals surface area contributed by atoms with E-state index in [1.165, 1.54) is 12.1 Å². The Bertz CT molecular complexity index is 499. The largest absolute Gasteiger partial charge is 0.462 e. The molecule has 1 atom stereocenters. The molecule has 4 nitrogen and oxygen atoms in total. The van der Waals surface area contributed by atoms with E-state index in [9.17, 15) is 14.0 Å². The molecule has 0 aliphatic carbocycles. The molecule has 0 aliphatic rings. The molecule has 22 heavy (non-hydrogen) atoms. The first-order valence-corrected chi connectivity index (χ1v) is 7.69. The van der Waals surface area contributed by atoms with E-state index in [1.807, 2.05) is 13.8 Å². The fourth-order valence-electron chi connectivity index (χ4n) is 1.86. The van der Waals surface area contributed by atoms with E-state index in [-0.39, 0.29) is 29.7 Å². The molecule has 122 valence electrons. The summed E-state index contributed by atoms with van der Waals surface area (Å²) in [5.74, 6) is -2.23. The highest BCUT2D eigenvalue weighted by atomic mass is 35.5. The maximum atomic E-state index is 13.5. The number of rotatable bonds is 8. The van der Waals surface area contributed by atoms with E-state index in [0.717, 1.165) is 25.3 Å². The smallest absolute Gasteiger partial charge is 0.311 e. The highest BCUT2D eigenvalue weighted by molar-refractivity contribution is 6.32. The van der Waals surface area contributed by atoms with Crippen molar-refractivity contribution in [3.63, 3.8) is 0 Å².